The molecule has 1 fully saturated rings. The molecule has 1 aliphatic heterocycles. The van der Waals surface area contributed by atoms with E-state index >= 15 is 0 Å². The van der Waals surface area contributed by atoms with Crippen LogP contribution in [-0.2, 0) is 9.59 Å². The number of anilines is 2. The summed E-state index contributed by atoms with van der Waals surface area (Å²) in [5.41, 5.74) is 6.73. The SMILES string of the molecule is CC(I)[C@@H]1CC[C@@H](C)CN1C(=O)C(=O)Nc1cnc(N)c2cn[nH]c12. The Hall–Kier alpha value is -1.91. The van der Waals surface area contributed by atoms with Crippen molar-refractivity contribution in [3.05, 3.63) is 12.4 Å². The number of nitrogens with zero attached hydrogens (tertiary/aromatic N) is 3. The van der Waals surface area contributed by atoms with Gasteiger partial charge in [-0.15, -0.1) is 0 Å². The summed E-state index contributed by atoms with van der Waals surface area (Å²) in [7, 11) is 0. The molecule has 2 aromatic rings. The van der Waals surface area contributed by atoms with Crippen LogP contribution in [0, 0.1) is 5.92 Å². The predicted octanol–water partition coefficient (Wildman–Crippen LogP) is 1.93. The lowest BCUT2D eigenvalue weighted by molar-refractivity contribution is -0.146. The van der Waals surface area contributed by atoms with Crippen LogP contribution in [0.4, 0.5) is 11.5 Å². The van der Waals surface area contributed by atoms with Gasteiger partial charge in [-0.1, -0.05) is 36.4 Å². The van der Waals surface area contributed by atoms with E-state index in [4.69, 9.17) is 5.73 Å². The largest absolute Gasteiger partial charge is 0.383 e. The zero-order chi connectivity index (χ0) is 18.1. The molecule has 1 aliphatic rings. The van der Waals surface area contributed by atoms with Crippen molar-refractivity contribution in [1.82, 2.24) is 20.1 Å². The molecule has 3 atom stereocenters. The number of amides is 2. The fourth-order valence-electron chi connectivity index (χ4n) is 3.24. The molecule has 1 saturated heterocycles. The van der Waals surface area contributed by atoms with E-state index in [9.17, 15) is 9.59 Å². The van der Waals surface area contributed by atoms with E-state index < -0.39 is 11.8 Å². The molecule has 8 nitrogen and oxygen atoms in total. The van der Waals surface area contributed by atoms with Crippen LogP contribution in [-0.4, -0.2) is 48.4 Å². The van der Waals surface area contributed by atoms with Crippen molar-refractivity contribution in [2.75, 3.05) is 17.6 Å². The van der Waals surface area contributed by atoms with Crippen LogP contribution in [0.15, 0.2) is 12.4 Å². The number of nitrogen functional groups attached to an aromatic ring is 1. The molecule has 2 aromatic heterocycles. The molecule has 0 aliphatic carbocycles. The van der Waals surface area contributed by atoms with E-state index in [0.717, 1.165) is 12.8 Å². The van der Waals surface area contributed by atoms with Gasteiger partial charge in [0.1, 0.15) is 5.82 Å². The lowest BCUT2D eigenvalue weighted by Gasteiger charge is -2.39. The Morgan fingerprint density at radius 1 is 1.44 bits per heavy atom. The molecular weight excluding hydrogens is 435 g/mol. The van der Waals surface area contributed by atoms with Gasteiger partial charge in [0.05, 0.1) is 29.0 Å². The number of hydrogen-bond acceptors (Lipinski definition) is 5. The van der Waals surface area contributed by atoms with Crippen LogP contribution in [0.2, 0.25) is 0 Å². The summed E-state index contributed by atoms with van der Waals surface area (Å²) in [5, 5.41) is 9.95. The molecule has 0 aromatic carbocycles. The number of hydrogen-bond donors (Lipinski definition) is 3. The van der Waals surface area contributed by atoms with Crippen LogP contribution in [0.3, 0.4) is 0 Å². The van der Waals surface area contributed by atoms with Gasteiger partial charge in [-0.2, -0.15) is 5.10 Å². The van der Waals surface area contributed by atoms with Crippen molar-refractivity contribution in [3.8, 4) is 0 Å². The van der Waals surface area contributed by atoms with Gasteiger partial charge in [0.2, 0.25) is 0 Å². The quantitative estimate of drug-likeness (QED) is 0.363. The molecule has 25 heavy (non-hydrogen) atoms. The first-order valence-electron chi connectivity index (χ1n) is 8.22. The lowest BCUT2D eigenvalue weighted by atomic mass is 9.92. The van der Waals surface area contributed by atoms with E-state index in [1.54, 1.807) is 4.90 Å². The second kappa shape index (κ2) is 7.14. The Bertz CT molecular complexity index is 805. The maximum Gasteiger partial charge on any atom is 0.314 e. The van der Waals surface area contributed by atoms with Crippen LogP contribution in [0.25, 0.3) is 10.9 Å². The summed E-state index contributed by atoms with van der Waals surface area (Å²) in [4.78, 5) is 31.0. The van der Waals surface area contributed by atoms with Crippen LogP contribution in [0.5, 0.6) is 0 Å². The first kappa shape index (κ1) is 17.9. The minimum Gasteiger partial charge on any atom is -0.383 e. The molecule has 4 N–H and O–H groups in total. The van der Waals surface area contributed by atoms with Gasteiger partial charge in [0.15, 0.2) is 0 Å². The second-order valence-corrected chi connectivity index (χ2v) is 8.52. The van der Waals surface area contributed by atoms with Gasteiger partial charge >= 0.3 is 11.8 Å². The molecule has 0 bridgehead atoms. The molecule has 0 saturated carbocycles. The molecule has 134 valence electrons. The Kier molecular flexibility index (Phi) is 5.11. The molecule has 3 rings (SSSR count). The fourth-order valence-corrected chi connectivity index (χ4v) is 3.99. The fraction of sp³-hybridized carbons (Fsp3) is 0.500. The molecule has 9 heteroatoms. The van der Waals surface area contributed by atoms with Gasteiger partial charge in [-0.25, -0.2) is 4.98 Å². The highest BCUT2D eigenvalue weighted by molar-refractivity contribution is 14.1. The first-order chi connectivity index (χ1) is 11.9. The van der Waals surface area contributed by atoms with Gasteiger partial charge in [-0.05, 0) is 18.8 Å². The summed E-state index contributed by atoms with van der Waals surface area (Å²) in [6, 6.07) is 0.0757. The number of fused-ring (bicyclic) bond motifs is 1. The first-order valence-corrected chi connectivity index (χ1v) is 9.46. The number of aromatic nitrogens is 3. The number of halogens is 1. The molecule has 3 heterocycles. The number of nitrogens with two attached hydrogens (primary N) is 1. The number of nitrogens with one attached hydrogen (secondary N) is 2. The number of carbonyl (C=O) groups is 2. The third-order valence-corrected chi connectivity index (χ3v) is 5.44. The molecule has 1 unspecified atom stereocenters. The number of likely N-dealkylation sites (tertiary alicyclic amines) is 1. The number of piperidine rings is 1. The van der Waals surface area contributed by atoms with Gasteiger partial charge < -0.3 is 16.0 Å². The van der Waals surface area contributed by atoms with Crippen molar-refractivity contribution >= 4 is 56.8 Å². The van der Waals surface area contributed by atoms with Crippen molar-refractivity contribution in [1.29, 1.82) is 0 Å². The van der Waals surface area contributed by atoms with Crippen LogP contribution < -0.4 is 11.1 Å². The summed E-state index contributed by atoms with van der Waals surface area (Å²) >= 11 is 2.32. The van der Waals surface area contributed by atoms with E-state index in [-0.39, 0.29) is 9.97 Å². The zero-order valence-corrected chi connectivity index (χ0v) is 16.3. The minimum atomic E-state index is -0.668. The minimum absolute atomic E-state index is 0.0757. The highest BCUT2D eigenvalue weighted by Gasteiger charge is 2.35. The smallest absolute Gasteiger partial charge is 0.314 e. The summed E-state index contributed by atoms with van der Waals surface area (Å²) < 4.78 is 0.277. The van der Waals surface area contributed by atoms with E-state index in [2.05, 4.69) is 56.9 Å². The topological polar surface area (TPSA) is 117 Å². The average Bonchev–Trinajstić information content (AvgIpc) is 3.07. The Morgan fingerprint density at radius 2 is 2.20 bits per heavy atom. The number of alkyl halides is 1. The standard InChI is InChI=1S/C16H21IN6O2/c1-8-3-4-12(9(2)17)23(7-8)16(25)15(24)21-11-6-19-14(18)10-5-20-22-13(10)11/h5-6,8-9,12H,3-4,7H2,1-2H3,(H2,18,19)(H,20,22)(H,21,24)/t8-,9?,12+/m1/s1. The highest BCUT2D eigenvalue weighted by atomic mass is 127. The summed E-state index contributed by atoms with van der Waals surface area (Å²) in [6.07, 6.45) is 4.95. The second-order valence-electron chi connectivity index (χ2n) is 6.55. The number of pyridine rings is 1. The van der Waals surface area contributed by atoms with E-state index in [1.165, 1.54) is 12.4 Å². The van der Waals surface area contributed by atoms with Crippen molar-refractivity contribution in [3.63, 3.8) is 0 Å². The predicted molar refractivity (Wildman–Crippen MR) is 104 cm³/mol. The maximum absolute atomic E-state index is 12.7. The molecule has 0 radical (unpaired) electrons. The number of aromatic amines is 1. The van der Waals surface area contributed by atoms with E-state index in [1.807, 2.05) is 0 Å². The third kappa shape index (κ3) is 3.55. The zero-order valence-electron chi connectivity index (χ0n) is 14.1. The average molecular weight is 456 g/mol. The van der Waals surface area contributed by atoms with Crippen molar-refractivity contribution < 1.29 is 9.59 Å². The van der Waals surface area contributed by atoms with Crippen molar-refractivity contribution in [2.45, 2.75) is 36.7 Å². The third-order valence-electron chi connectivity index (χ3n) is 4.61. The Labute approximate surface area is 159 Å². The van der Waals surface area contributed by atoms with Crippen LogP contribution >= 0.6 is 22.6 Å². The van der Waals surface area contributed by atoms with Gasteiger partial charge in [0.25, 0.3) is 0 Å². The highest BCUT2D eigenvalue weighted by Crippen LogP contribution is 2.28. The summed E-state index contributed by atoms with van der Waals surface area (Å²) in [6.45, 7) is 4.77. The maximum atomic E-state index is 12.7. The van der Waals surface area contributed by atoms with Gasteiger partial charge in [-0.3, -0.25) is 14.7 Å². The van der Waals surface area contributed by atoms with Crippen LogP contribution in [0.1, 0.15) is 26.7 Å². The Balaban J connectivity index is 1.80. The molecular formula is C16H21IN6O2. The van der Waals surface area contributed by atoms with Gasteiger partial charge in [0, 0.05) is 16.5 Å². The molecule has 2 amide bonds. The number of carbonyl (C=O) groups excluding carboxylic acids is 2. The van der Waals surface area contributed by atoms with Crippen molar-refractivity contribution in [2.24, 2.45) is 5.92 Å². The molecule has 0 spiro atoms. The normalized spacial score (nSPS) is 22.0. The summed E-state index contributed by atoms with van der Waals surface area (Å²) in [5.74, 6) is -0.472. The monoisotopic (exact) mass is 456 g/mol. The number of H-pyrrole nitrogens is 1. The number of rotatable bonds is 2. The van der Waals surface area contributed by atoms with E-state index in [0.29, 0.717) is 34.9 Å². The Morgan fingerprint density at radius 3 is 2.92 bits per heavy atom. The lowest BCUT2D eigenvalue weighted by Crippen LogP contribution is -2.53.